The van der Waals surface area contributed by atoms with E-state index in [0.29, 0.717) is 12.1 Å². The predicted molar refractivity (Wildman–Crippen MR) is 84.9 cm³/mol. The second kappa shape index (κ2) is 7.29. The lowest BCUT2D eigenvalue weighted by molar-refractivity contribution is 0.0929. The highest BCUT2D eigenvalue weighted by molar-refractivity contribution is 9.10. The summed E-state index contributed by atoms with van der Waals surface area (Å²) in [4.78, 5) is 12.1. The van der Waals surface area contributed by atoms with Crippen molar-refractivity contribution < 1.29 is 9.90 Å². The van der Waals surface area contributed by atoms with Crippen molar-refractivity contribution in [2.24, 2.45) is 5.41 Å². The monoisotopic (exact) mass is 391 g/mol. The van der Waals surface area contributed by atoms with Crippen molar-refractivity contribution in [3.63, 3.8) is 0 Å². The van der Waals surface area contributed by atoms with Crippen molar-refractivity contribution >= 4 is 37.8 Å². The summed E-state index contributed by atoms with van der Waals surface area (Å²) in [5.74, 6) is -0.249. The fourth-order valence-electron chi connectivity index (χ4n) is 1.80. The number of hydrogen-bond acceptors (Lipinski definition) is 2. The molecule has 0 unspecified atom stereocenters. The Kier molecular flexibility index (Phi) is 6.33. The highest BCUT2D eigenvalue weighted by atomic mass is 79.9. The molecule has 1 amide bonds. The van der Waals surface area contributed by atoms with Gasteiger partial charge in [-0.15, -0.1) is 0 Å². The van der Waals surface area contributed by atoms with Gasteiger partial charge in [-0.1, -0.05) is 45.7 Å². The van der Waals surface area contributed by atoms with Gasteiger partial charge in [0.2, 0.25) is 0 Å². The third-order valence-corrected chi connectivity index (χ3v) is 5.29. The van der Waals surface area contributed by atoms with Crippen LogP contribution in [0.15, 0.2) is 22.7 Å². The number of aromatic hydroxyl groups is 1. The Morgan fingerprint density at radius 1 is 1.37 bits per heavy atom. The number of halogens is 2. The molecule has 0 heterocycles. The molecular weight excluding hydrogens is 374 g/mol. The molecular formula is C14H19Br2NO2. The summed E-state index contributed by atoms with van der Waals surface area (Å²) in [5, 5.41) is 13.5. The van der Waals surface area contributed by atoms with Crippen molar-refractivity contribution in [2.75, 3.05) is 11.9 Å². The van der Waals surface area contributed by atoms with E-state index in [1.807, 2.05) is 0 Å². The Morgan fingerprint density at radius 3 is 2.47 bits per heavy atom. The molecule has 1 rings (SSSR count). The first kappa shape index (κ1) is 16.5. The van der Waals surface area contributed by atoms with E-state index in [4.69, 9.17) is 0 Å². The smallest absolute Gasteiger partial charge is 0.255 e. The molecule has 3 nitrogen and oxygen atoms in total. The normalized spacial score (nSPS) is 11.4. The van der Waals surface area contributed by atoms with Crippen LogP contribution in [0, 0.1) is 5.41 Å². The number of rotatable bonds is 6. The van der Waals surface area contributed by atoms with Crippen LogP contribution in [0.4, 0.5) is 0 Å². The molecule has 2 N–H and O–H groups in total. The van der Waals surface area contributed by atoms with Crippen LogP contribution in [0.2, 0.25) is 0 Å². The van der Waals surface area contributed by atoms with Crippen LogP contribution < -0.4 is 5.32 Å². The van der Waals surface area contributed by atoms with Crippen LogP contribution in [-0.2, 0) is 0 Å². The average molecular weight is 393 g/mol. The standard InChI is InChI=1S/C14H19Br2NO2/c1-3-14(4-2,8-15)9-17-13(19)11-6-5-10(16)7-12(11)18/h5-7,18H,3-4,8-9H2,1-2H3,(H,17,19). The number of benzene rings is 1. The van der Waals surface area contributed by atoms with Crippen LogP contribution in [0.25, 0.3) is 0 Å². The predicted octanol–water partition coefficient (Wildman–Crippen LogP) is 4.09. The maximum Gasteiger partial charge on any atom is 0.255 e. The summed E-state index contributed by atoms with van der Waals surface area (Å²) in [7, 11) is 0. The quantitative estimate of drug-likeness (QED) is 0.716. The first-order valence-corrected chi connectivity index (χ1v) is 8.22. The van der Waals surface area contributed by atoms with E-state index in [-0.39, 0.29) is 17.1 Å². The molecule has 0 aliphatic heterocycles. The second-order valence-electron chi connectivity index (χ2n) is 4.68. The second-order valence-corrected chi connectivity index (χ2v) is 6.16. The molecule has 0 spiro atoms. The number of phenolic OH excluding ortho intramolecular Hbond substituents is 1. The molecule has 0 aliphatic rings. The number of carbonyl (C=O) groups excluding carboxylic acids is 1. The van der Waals surface area contributed by atoms with Gasteiger partial charge in [0.05, 0.1) is 5.56 Å². The average Bonchev–Trinajstić information content (AvgIpc) is 2.40. The van der Waals surface area contributed by atoms with Crippen LogP contribution in [0.5, 0.6) is 5.75 Å². The molecule has 1 aromatic carbocycles. The lowest BCUT2D eigenvalue weighted by atomic mass is 9.84. The van der Waals surface area contributed by atoms with Gasteiger partial charge in [0, 0.05) is 16.3 Å². The van der Waals surface area contributed by atoms with Crippen LogP contribution >= 0.6 is 31.9 Å². The third-order valence-electron chi connectivity index (χ3n) is 3.61. The van der Waals surface area contributed by atoms with E-state index in [1.165, 1.54) is 6.07 Å². The van der Waals surface area contributed by atoms with Crippen molar-refractivity contribution in [3.8, 4) is 5.75 Å². The first-order valence-electron chi connectivity index (χ1n) is 6.30. The molecule has 0 aromatic heterocycles. The molecule has 0 aliphatic carbocycles. The number of alkyl halides is 1. The van der Waals surface area contributed by atoms with E-state index < -0.39 is 0 Å². The molecule has 0 radical (unpaired) electrons. The molecule has 0 atom stereocenters. The van der Waals surface area contributed by atoms with Gasteiger partial charge in [-0.3, -0.25) is 4.79 Å². The summed E-state index contributed by atoms with van der Waals surface area (Å²) >= 11 is 6.77. The summed E-state index contributed by atoms with van der Waals surface area (Å²) in [5.41, 5.74) is 0.375. The minimum absolute atomic E-state index is 0.00989. The van der Waals surface area contributed by atoms with Crippen LogP contribution in [0.1, 0.15) is 37.0 Å². The van der Waals surface area contributed by atoms with Crippen LogP contribution in [0.3, 0.4) is 0 Å². The maximum atomic E-state index is 12.1. The molecule has 0 bridgehead atoms. The van der Waals surface area contributed by atoms with Crippen molar-refractivity contribution in [1.82, 2.24) is 5.32 Å². The SMILES string of the molecule is CCC(CC)(CBr)CNC(=O)c1ccc(Br)cc1O. The molecule has 106 valence electrons. The Morgan fingerprint density at radius 2 is 2.00 bits per heavy atom. The molecule has 19 heavy (non-hydrogen) atoms. The first-order chi connectivity index (χ1) is 8.98. The van der Waals surface area contributed by atoms with Crippen molar-refractivity contribution in [2.45, 2.75) is 26.7 Å². The van der Waals surface area contributed by atoms with Crippen molar-refractivity contribution in [3.05, 3.63) is 28.2 Å². The summed E-state index contributed by atoms with van der Waals surface area (Å²) in [6.07, 6.45) is 1.97. The maximum absolute atomic E-state index is 12.1. The van der Waals surface area contributed by atoms with E-state index in [0.717, 1.165) is 22.6 Å². The lowest BCUT2D eigenvalue weighted by Crippen LogP contribution is -2.38. The zero-order valence-corrected chi connectivity index (χ0v) is 14.3. The molecule has 1 aromatic rings. The number of carbonyl (C=O) groups is 1. The van der Waals surface area contributed by atoms with Gasteiger partial charge in [0.1, 0.15) is 5.75 Å². The zero-order valence-electron chi connectivity index (χ0n) is 11.2. The van der Waals surface area contributed by atoms with Crippen molar-refractivity contribution in [1.29, 1.82) is 0 Å². The van der Waals surface area contributed by atoms with Gasteiger partial charge in [0.15, 0.2) is 0 Å². The van der Waals surface area contributed by atoms with Gasteiger partial charge in [-0.2, -0.15) is 0 Å². The highest BCUT2D eigenvalue weighted by Gasteiger charge is 2.25. The topological polar surface area (TPSA) is 49.3 Å². The number of amides is 1. The Hall–Kier alpha value is -0.550. The van der Waals surface area contributed by atoms with Gasteiger partial charge < -0.3 is 10.4 Å². The summed E-state index contributed by atoms with van der Waals surface area (Å²) < 4.78 is 0.749. The number of phenols is 1. The zero-order chi connectivity index (χ0) is 14.5. The fourth-order valence-corrected chi connectivity index (χ4v) is 3.14. The third kappa shape index (κ3) is 4.21. The number of nitrogens with one attached hydrogen (secondary N) is 1. The Bertz CT molecular complexity index is 437. The Labute approximate surface area is 131 Å². The van der Waals surface area contributed by atoms with Crippen LogP contribution in [-0.4, -0.2) is 22.9 Å². The van der Waals surface area contributed by atoms with E-state index in [2.05, 4.69) is 51.0 Å². The minimum atomic E-state index is -0.239. The fraction of sp³-hybridized carbons (Fsp3) is 0.500. The Balaban J connectivity index is 2.75. The van der Waals surface area contributed by atoms with E-state index in [9.17, 15) is 9.90 Å². The van der Waals surface area contributed by atoms with Gasteiger partial charge >= 0.3 is 0 Å². The largest absolute Gasteiger partial charge is 0.507 e. The highest BCUT2D eigenvalue weighted by Crippen LogP contribution is 2.28. The number of hydrogen-bond donors (Lipinski definition) is 2. The van der Waals surface area contributed by atoms with Gasteiger partial charge in [-0.05, 0) is 36.5 Å². The minimum Gasteiger partial charge on any atom is -0.507 e. The molecule has 0 saturated heterocycles. The van der Waals surface area contributed by atoms with Gasteiger partial charge in [-0.25, -0.2) is 0 Å². The summed E-state index contributed by atoms with van der Waals surface area (Å²) in [6.45, 7) is 4.83. The molecule has 5 heteroatoms. The lowest BCUT2D eigenvalue weighted by Gasteiger charge is -2.29. The molecule has 0 fully saturated rings. The summed E-state index contributed by atoms with van der Waals surface area (Å²) in [6, 6.07) is 4.88. The van der Waals surface area contributed by atoms with E-state index in [1.54, 1.807) is 12.1 Å². The molecule has 0 saturated carbocycles. The van der Waals surface area contributed by atoms with Gasteiger partial charge in [0.25, 0.3) is 5.91 Å². The van der Waals surface area contributed by atoms with E-state index >= 15 is 0 Å².